The van der Waals surface area contributed by atoms with Gasteiger partial charge < -0.3 is 13.7 Å². The number of nitro benzene ring substituents is 1. The smallest absolute Gasteiger partial charge is 0.337 e. The Morgan fingerprint density at radius 3 is 2.57 bits per heavy atom. The van der Waals surface area contributed by atoms with Crippen molar-refractivity contribution in [1.82, 2.24) is 9.99 Å². The lowest BCUT2D eigenvalue weighted by atomic mass is 10.1. The van der Waals surface area contributed by atoms with Crippen molar-refractivity contribution in [2.24, 2.45) is 5.10 Å². The molecule has 10 nitrogen and oxygen atoms in total. The number of aryl methyl sites for hydroxylation is 2. The number of non-ortho nitro benzene ring substituents is 1. The van der Waals surface area contributed by atoms with Gasteiger partial charge in [0, 0.05) is 40.2 Å². The van der Waals surface area contributed by atoms with E-state index in [0.29, 0.717) is 16.5 Å². The van der Waals surface area contributed by atoms with Crippen LogP contribution in [0.2, 0.25) is 0 Å². The Morgan fingerprint density at radius 2 is 1.89 bits per heavy atom. The molecule has 0 bridgehead atoms. The third-order valence-electron chi connectivity index (χ3n) is 5.63. The Balaban J connectivity index is 1.53. The van der Waals surface area contributed by atoms with Crippen LogP contribution in [0.25, 0.3) is 16.7 Å². The van der Waals surface area contributed by atoms with E-state index in [1.165, 1.54) is 37.6 Å². The number of nitrogens with zero attached hydrogens (tertiary/aromatic N) is 3. The third kappa shape index (κ3) is 4.54. The number of hydrogen-bond acceptors (Lipinski definition) is 7. The van der Waals surface area contributed by atoms with Gasteiger partial charge in [0.2, 0.25) is 0 Å². The van der Waals surface area contributed by atoms with Gasteiger partial charge in [-0.2, -0.15) is 5.10 Å². The van der Waals surface area contributed by atoms with Crippen LogP contribution < -0.4 is 5.43 Å². The van der Waals surface area contributed by atoms with Crippen LogP contribution in [0.1, 0.15) is 43.4 Å². The predicted molar refractivity (Wildman–Crippen MR) is 129 cm³/mol. The van der Waals surface area contributed by atoms with Crippen LogP contribution in [0.5, 0.6) is 0 Å². The summed E-state index contributed by atoms with van der Waals surface area (Å²) in [6.45, 7) is 5.79. The van der Waals surface area contributed by atoms with Crippen molar-refractivity contribution < 1.29 is 23.7 Å². The average molecular weight is 474 g/mol. The van der Waals surface area contributed by atoms with Gasteiger partial charge in [-0.15, -0.1) is 0 Å². The van der Waals surface area contributed by atoms with Crippen LogP contribution >= 0.6 is 0 Å². The highest BCUT2D eigenvalue weighted by molar-refractivity contribution is 5.97. The number of furan rings is 1. The second-order valence-corrected chi connectivity index (χ2v) is 7.94. The molecule has 0 unspecified atom stereocenters. The van der Waals surface area contributed by atoms with Gasteiger partial charge in [-0.05, 0) is 62.7 Å². The van der Waals surface area contributed by atoms with Crippen LogP contribution in [-0.4, -0.2) is 34.7 Å². The monoisotopic (exact) mass is 474 g/mol. The van der Waals surface area contributed by atoms with Gasteiger partial charge in [0.05, 0.1) is 23.8 Å². The molecule has 10 heteroatoms. The molecule has 2 aromatic carbocycles. The first-order chi connectivity index (χ1) is 16.7. The zero-order chi connectivity index (χ0) is 25.3. The third-order valence-corrected chi connectivity index (χ3v) is 5.63. The lowest BCUT2D eigenvalue weighted by molar-refractivity contribution is -0.384. The molecule has 4 rings (SSSR count). The van der Waals surface area contributed by atoms with Crippen LogP contribution in [0.15, 0.2) is 58.0 Å². The van der Waals surface area contributed by atoms with Crippen LogP contribution in [-0.2, 0) is 4.74 Å². The van der Waals surface area contributed by atoms with E-state index in [9.17, 15) is 19.7 Å². The number of esters is 1. The Kier molecular flexibility index (Phi) is 6.20. The fourth-order valence-electron chi connectivity index (χ4n) is 3.91. The summed E-state index contributed by atoms with van der Waals surface area (Å²) in [5.41, 5.74) is 7.61. The zero-order valence-electron chi connectivity index (χ0n) is 19.5. The zero-order valence-corrected chi connectivity index (χ0v) is 19.5. The molecule has 0 atom stereocenters. The number of rotatable bonds is 6. The number of carbonyl (C=O) groups is 2. The fraction of sp³-hybridized carbons (Fsp3) is 0.160. The highest BCUT2D eigenvalue weighted by atomic mass is 16.6. The number of fused-ring (bicyclic) bond motifs is 1. The minimum absolute atomic E-state index is 0.00978. The summed E-state index contributed by atoms with van der Waals surface area (Å²) in [7, 11) is 1.34. The normalized spacial score (nSPS) is 11.2. The summed E-state index contributed by atoms with van der Waals surface area (Å²) >= 11 is 0. The van der Waals surface area contributed by atoms with E-state index in [4.69, 9.17) is 9.15 Å². The Bertz CT molecular complexity index is 1510. The molecule has 35 heavy (non-hydrogen) atoms. The molecule has 0 fully saturated rings. The van der Waals surface area contributed by atoms with Crippen LogP contribution in [0.4, 0.5) is 5.69 Å². The van der Waals surface area contributed by atoms with Crippen molar-refractivity contribution in [2.75, 3.05) is 7.11 Å². The second-order valence-electron chi connectivity index (χ2n) is 7.94. The molecular weight excluding hydrogens is 452 g/mol. The molecule has 4 aromatic rings. The summed E-state index contributed by atoms with van der Waals surface area (Å²) in [6, 6.07) is 12.8. The van der Waals surface area contributed by atoms with E-state index in [-0.39, 0.29) is 11.4 Å². The van der Waals surface area contributed by atoms with E-state index in [1.807, 2.05) is 37.5 Å². The van der Waals surface area contributed by atoms with Gasteiger partial charge in [0.25, 0.3) is 5.69 Å². The minimum Gasteiger partial charge on any atom is -0.465 e. The van der Waals surface area contributed by atoms with Gasteiger partial charge in [-0.3, -0.25) is 14.9 Å². The molecule has 2 heterocycles. The lowest BCUT2D eigenvalue weighted by Gasteiger charge is -2.13. The quantitative estimate of drug-likeness (QED) is 0.188. The maximum atomic E-state index is 12.5. The first kappa shape index (κ1) is 23.4. The van der Waals surface area contributed by atoms with Crippen LogP contribution in [0, 0.1) is 30.9 Å². The largest absolute Gasteiger partial charge is 0.465 e. The summed E-state index contributed by atoms with van der Waals surface area (Å²) in [4.78, 5) is 34.7. The minimum atomic E-state index is -0.580. The molecule has 0 saturated carbocycles. The number of carbonyl (C=O) groups excluding carboxylic acids is 2. The SMILES string of the molecule is COC(=O)c1ccc(-n2c(C)cc(/C=N/NC(=O)c3cc4cc([N+](=O)[O-])ccc4o3)c2C)c(C)c1. The number of nitrogens with one attached hydrogen (secondary N) is 1. The van der Waals surface area contributed by atoms with Crippen molar-refractivity contribution in [3.63, 3.8) is 0 Å². The maximum absolute atomic E-state index is 12.5. The van der Waals surface area contributed by atoms with E-state index in [0.717, 1.165) is 28.2 Å². The standard InChI is InChI=1S/C25H22N4O6/c1-14-9-17(25(31)34-4)5-7-21(14)28-15(2)10-19(16(28)3)13-26-27-24(30)23-12-18-11-20(29(32)33)6-8-22(18)35-23/h5-13H,1-4H3,(H,27,30)/b26-13+. The van der Waals surface area contributed by atoms with Gasteiger partial charge >= 0.3 is 11.9 Å². The summed E-state index contributed by atoms with van der Waals surface area (Å²) in [6.07, 6.45) is 1.53. The Labute approximate surface area is 200 Å². The van der Waals surface area contributed by atoms with E-state index >= 15 is 0 Å². The number of amides is 1. The van der Waals surface area contributed by atoms with Crippen molar-refractivity contribution in [1.29, 1.82) is 0 Å². The molecule has 1 amide bonds. The first-order valence-corrected chi connectivity index (χ1v) is 10.6. The summed E-state index contributed by atoms with van der Waals surface area (Å²) in [5, 5.41) is 15.4. The second kappa shape index (κ2) is 9.26. The van der Waals surface area contributed by atoms with Crippen molar-refractivity contribution in [3.8, 4) is 5.69 Å². The van der Waals surface area contributed by atoms with Gasteiger partial charge in [-0.1, -0.05) is 0 Å². The molecule has 0 saturated heterocycles. The highest BCUT2D eigenvalue weighted by Gasteiger charge is 2.16. The Morgan fingerprint density at radius 1 is 1.11 bits per heavy atom. The topological polar surface area (TPSA) is 129 Å². The number of hydrazone groups is 1. The van der Waals surface area contributed by atoms with Gasteiger partial charge in [0.1, 0.15) is 5.58 Å². The molecule has 178 valence electrons. The number of ether oxygens (including phenoxy) is 1. The molecule has 2 aromatic heterocycles. The highest BCUT2D eigenvalue weighted by Crippen LogP contribution is 2.25. The summed E-state index contributed by atoms with van der Waals surface area (Å²) in [5.74, 6) is -0.987. The molecule has 1 N–H and O–H groups in total. The molecule has 0 aliphatic rings. The van der Waals surface area contributed by atoms with E-state index in [1.54, 1.807) is 12.1 Å². The number of hydrogen-bond donors (Lipinski definition) is 1. The van der Waals surface area contributed by atoms with Crippen LogP contribution in [0.3, 0.4) is 0 Å². The number of aromatic nitrogens is 1. The number of methoxy groups -OCH3 is 1. The first-order valence-electron chi connectivity index (χ1n) is 10.6. The summed E-state index contributed by atoms with van der Waals surface area (Å²) < 4.78 is 12.3. The molecule has 0 radical (unpaired) electrons. The van der Waals surface area contributed by atoms with Crippen molar-refractivity contribution in [3.05, 3.63) is 92.5 Å². The van der Waals surface area contributed by atoms with Gasteiger partial charge in [0.15, 0.2) is 5.76 Å². The Hall–Kier alpha value is -4.73. The van der Waals surface area contributed by atoms with E-state index < -0.39 is 16.8 Å². The van der Waals surface area contributed by atoms with E-state index in [2.05, 4.69) is 10.5 Å². The molecule has 0 aliphatic carbocycles. The molecule has 0 aliphatic heterocycles. The maximum Gasteiger partial charge on any atom is 0.337 e. The molecule has 0 spiro atoms. The van der Waals surface area contributed by atoms with Gasteiger partial charge in [-0.25, -0.2) is 10.2 Å². The van der Waals surface area contributed by atoms with Crippen molar-refractivity contribution >= 4 is 34.7 Å². The number of nitro groups is 1. The van der Waals surface area contributed by atoms with Crippen molar-refractivity contribution in [2.45, 2.75) is 20.8 Å². The number of benzene rings is 2. The average Bonchev–Trinajstić information content (AvgIpc) is 3.38. The fourth-order valence-corrected chi connectivity index (χ4v) is 3.91. The predicted octanol–water partition coefficient (Wildman–Crippen LogP) is 4.61. The molecular formula is C25H22N4O6. The lowest BCUT2D eigenvalue weighted by Crippen LogP contribution is -2.16.